The minimum absolute atomic E-state index is 0. The van der Waals surface area contributed by atoms with Crippen LogP contribution >= 0.6 is 0 Å². The predicted molar refractivity (Wildman–Crippen MR) is 391 cm³/mol. The van der Waals surface area contributed by atoms with Gasteiger partial charge in [-0.15, -0.1) is 0 Å². The summed E-state index contributed by atoms with van der Waals surface area (Å²) in [7, 11) is -7.93. The summed E-state index contributed by atoms with van der Waals surface area (Å²) in [4.78, 5) is 43.2. The van der Waals surface area contributed by atoms with Gasteiger partial charge in [0, 0.05) is 57.5 Å². The molecule has 3 saturated carbocycles. The van der Waals surface area contributed by atoms with Crippen molar-refractivity contribution in [1.82, 2.24) is 48.5 Å². The van der Waals surface area contributed by atoms with Crippen LogP contribution in [-0.2, 0) is 109 Å². The molecule has 0 spiro atoms. The van der Waals surface area contributed by atoms with Crippen molar-refractivity contribution in [3.8, 4) is 11.1 Å². The van der Waals surface area contributed by atoms with E-state index < -0.39 is 70.4 Å². The van der Waals surface area contributed by atoms with Crippen molar-refractivity contribution in [2.45, 2.75) is 221 Å². The molecular weight excluding hydrogens is 1430 g/mol. The van der Waals surface area contributed by atoms with Crippen LogP contribution in [0.25, 0.3) is 11.1 Å². The lowest BCUT2D eigenvalue weighted by Gasteiger charge is -2.40. The average molecular weight is 1530 g/mol. The van der Waals surface area contributed by atoms with Crippen LogP contribution in [0.5, 0.6) is 0 Å². The Kier molecular flexibility index (Phi) is 24.3. The molecule has 6 fully saturated rings. The average Bonchev–Trinajstić information content (AvgIpc) is 1.60. The second-order valence-corrected chi connectivity index (χ2v) is 34.7. The Morgan fingerprint density at radius 3 is 1.04 bits per heavy atom. The number of carbonyl (C=O) groups excluding carboxylic acids is 3. The highest BCUT2D eigenvalue weighted by Crippen LogP contribution is 2.46. The molecule has 7 heterocycles. The van der Waals surface area contributed by atoms with Crippen LogP contribution in [0, 0.1) is 18.6 Å². The molecule has 6 aliphatic rings. The van der Waals surface area contributed by atoms with E-state index in [1.54, 1.807) is 59.9 Å². The fourth-order valence-corrected chi connectivity index (χ4v) is 16.5. The standard InChI is InChI=1S/C26H29FN4O5S.C25H35N3O5S.C24H32FN3O5S.CH4/c1-16(2)20-9-18(27)10-21(17-5-4-8-28-13-17)22(20)11-24(32)30-37(33,34)25-12-23(26(35-3)14-36-15-26)31(29-25)19-6-7-19;1-15(2)19-9-17(5)10-20(16(3)4)21(19)11-23(29)27-34(30,31)24-12-22(25(32-6)13-33-14-25)28(26-24)18-7-8-18;1-14(2)18-8-16(25)9-19(15(3)4)20(18)10-22(29)27-34(30,31)23-11-21(24(32-5)12-33-13-24)28(26-23)17-6-7-17;/h4-5,8-10,12-13,16,19H,6-7,11,14-15H2,1-3H3,(H,30,32);9-10,12,15-16,18H,7-8,11,13-14H2,1-6H3,(H,27,29);8-9,11,14-15,17H,6-7,10,12-13H2,1-5H3,(H,27,29);1H4. The second kappa shape index (κ2) is 31.9. The summed E-state index contributed by atoms with van der Waals surface area (Å²) in [5.74, 6) is -2.54. The van der Waals surface area contributed by atoms with Gasteiger partial charge in [0.25, 0.3) is 30.1 Å². The molecule has 0 radical (unpaired) electrons. The van der Waals surface area contributed by atoms with Crippen LogP contribution in [-0.4, -0.2) is 138 Å². The van der Waals surface area contributed by atoms with Crippen molar-refractivity contribution >= 4 is 47.8 Å². The molecule has 3 aliphatic carbocycles. The first-order chi connectivity index (χ1) is 49.6. The molecule has 3 aliphatic heterocycles. The molecule has 106 heavy (non-hydrogen) atoms. The Morgan fingerprint density at radius 2 is 0.774 bits per heavy atom. The maximum absolute atomic E-state index is 14.5. The van der Waals surface area contributed by atoms with Gasteiger partial charge in [-0.05, 0) is 155 Å². The van der Waals surface area contributed by atoms with Gasteiger partial charge >= 0.3 is 0 Å². The maximum atomic E-state index is 14.5. The number of pyridine rings is 1. The number of carbonyl (C=O) groups is 3. The van der Waals surface area contributed by atoms with E-state index in [9.17, 15) is 48.4 Å². The molecule has 0 unspecified atom stereocenters. The van der Waals surface area contributed by atoms with Crippen molar-refractivity contribution in [1.29, 1.82) is 0 Å². The highest BCUT2D eigenvalue weighted by atomic mass is 32.2. The van der Waals surface area contributed by atoms with E-state index in [0.29, 0.717) is 95.7 Å². The number of hydrogen-bond donors (Lipinski definition) is 3. The molecule has 0 atom stereocenters. The van der Waals surface area contributed by atoms with Crippen LogP contribution in [0.3, 0.4) is 0 Å². The van der Waals surface area contributed by atoms with Crippen molar-refractivity contribution in [3.63, 3.8) is 0 Å². The van der Waals surface area contributed by atoms with Crippen molar-refractivity contribution in [2.24, 2.45) is 0 Å². The number of methoxy groups -OCH3 is 3. The first kappa shape index (κ1) is 80.9. The molecule has 3 saturated heterocycles. The van der Waals surface area contributed by atoms with E-state index in [4.69, 9.17) is 28.4 Å². The van der Waals surface area contributed by atoms with Crippen LogP contribution in [0.2, 0.25) is 0 Å². The molecule has 3 amide bonds. The zero-order chi connectivity index (χ0) is 76.0. The largest absolute Gasteiger partial charge is 0.374 e. The summed E-state index contributed by atoms with van der Waals surface area (Å²) in [5, 5.41) is 12.4. The number of aryl methyl sites for hydroxylation is 1. The smallest absolute Gasteiger partial charge is 0.283 e. The minimum atomic E-state index is -4.27. The van der Waals surface area contributed by atoms with E-state index in [1.807, 2.05) is 48.5 Å². The third-order valence-electron chi connectivity index (χ3n) is 20.1. The molecule has 4 aromatic heterocycles. The van der Waals surface area contributed by atoms with Crippen LogP contribution in [0.4, 0.5) is 8.78 Å². The van der Waals surface area contributed by atoms with E-state index >= 15 is 0 Å². The maximum Gasteiger partial charge on any atom is 0.283 e. The lowest BCUT2D eigenvalue weighted by atomic mass is 9.85. The monoisotopic (exact) mass is 1530 g/mol. The number of benzene rings is 3. The fourth-order valence-electron chi connectivity index (χ4n) is 13.7. The summed E-state index contributed by atoms with van der Waals surface area (Å²) in [6.07, 6.45) is 8.20. The van der Waals surface area contributed by atoms with Gasteiger partial charge in [0.15, 0.2) is 31.9 Å². The molecule has 7 aromatic rings. The second-order valence-electron chi connectivity index (χ2n) is 29.8. The lowest BCUT2D eigenvalue weighted by molar-refractivity contribution is -0.206. The Bertz CT molecular complexity index is 4500. The summed E-state index contributed by atoms with van der Waals surface area (Å²) in [5.41, 5.74) is 8.28. The molecule has 30 heteroatoms. The van der Waals surface area contributed by atoms with Crippen LogP contribution < -0.4 is 14.2 Å². The molecule has 25 nitrogen and oxygen atoms in total. The minimum Gasteiger partial charge on any atom is -0.374 e. The van der Waals surface area contributed by atoms with Crippen LogP contribution in [0.15, 0.2) is 94.2 Å². The number of ether oxygens (including phenoxy) is 6. The Balaban J connectivity index is 0.000000170. The zero-order valence-corrected chi connectivity index (χ0v) is 64.4. The van der Waals surface area contributed by atoms with E-state index in [0.717, 1.165) is 60.8 Å². The van der Waals surface area contributed by atoms with Crippen molar-refractivity contribution < 1.29 is 76.8 Å². The molecular formula is C76H100F2N10O15S3. The van der Waals surface area contributed by atoms with Crippen molar-refractivity contribution in [3.05, 3.63) is 158 Å². The van der Waals surface area contributed by atoms with Gasteiger partial charge in [-0.1, -0.05) is 100 Å². The molecule has 0 bridgehead atoms. The quantitative estimate of drug-likeness (QED) is 0.0431. The van der Waals surface area contributed by atoms with Gasteiger partial charge in [-0.25, -0.2) is 22.9 Å². The Morgan fingerprint density at radius 1 is 0.481 bits per heavy atom. The van der Waals surface area contributed by atoms with Crippen LogP contribution in [0.1, 0.15) is 230 Å². The van der Waals surface area contributed by atoms with E-state index in [1.165, 1.54) is 42.5 Å². The molecule has 3 aromatic carbocycles. The fraction of sp³-hybridized carbons (Fsp3) is 0.539. The SMILES string of the molecule is C.COC1(c2cc(S(=O)(=O)NC(=O)Cc3c(-c4cccnc4)cc(F)cc3C(C)C)nn2C2CC2)COC1.COC1(c2cc(S(=O)(=O)NC(=O)Cc3c(C(C)C)cc(C)cc3C(C)C)nn2C2CC2)COC1.COC1(c2cc(S(=O)(=O)NC(=O)Cc3c(C(C)C)cc(F)cc3C(C)C)nn2C2CC2)COC1. The molecule has 13 rings (SSSR count). The van der Waals surface area contributed by atoms with Gasteiger partial charge in [-0.2, -0.15) is 40.5 Å². The number of halogens is 2. The summed E-state index contributed by atoms with van der Waals surface area (Å²) in [6.45, 7) is 23.7. The van der Waals surface area contributed by atoms with E-state index in [2.05, 4.69) is 74.3 Å². The van der Waals surface area contributed by atoms with Gasteiger partial charge in [0.2, 0.25) is 17.7 Å². The highest BCUT2D eigenvalue weighted by molar-refractivity contribution is 7.90. The number of amides is 3. The first-order valence-corrected chi connectivity index (χ1v) is 40.1. The third kappa shape index (κ3) is 17.2. The number of rotatable bonds is 27. The van der Waals surface area contributed by atoms with Gasteiger partial charge in [-0.3, -0.25) is 33.4 Å². The molecule has 576 valence electrons. The number of aromatic nitrogens is 7. The Hall–Kier alpha value is -7.68. The summed E-state index contributed by atoms with van der Waals surface area (Å²) >= 11 is 0. The number of nitrogens with zero attached hydrogens (tertiary/aromatic N) is 7. The number of nitrogens with one attached hydrogen (secondary N) is 3. The lowest BCUT2D eigenvalue weighted by Crippen LogP contribution is -2.49. The summed E-state index contributed by atoms with van der Waals surface area (Å²) in [6, 6.07) is 18.0. The van der Waals surface area contributed by atoms with Gasteiger partial charge in [0.05, 0.1) is 94.1 Å². The summed E-state index contributed by atoms with van der Waals surface area (Å²) < 4.78 is 152. The van der Waals surface area contributed by atoms with Gasteiger partial charge in [0.1, 0.15) is 11.6 Å². The Labute approximate surface area is 620 Å². The molecule has 3 N–H and O–H groups in total. The normalized spacial score (nSPS) is 17.3. The first-order valence-electron chi connectivity index (χ1n) is 35.6. The van der Waals surface area contributed by atoms with Gasteiger partial charge < -0.3 is 28.4 Å². The van der Waals surface area contributed by atoms with E-state index in [-0.39, 0.29) is 95.3 Å². The third-order valence-corrected chi connectivity index (χ3v) is 23.8. The van der Waals surface area contributed by atoms with Crippen molar-refractivity contribution in [2.75, 3.05) is 61.0 Å². The predicted octanol–water partition coefficient (Wildman–Crippen LogP) is 11.3. The number of hydrogen-bond acceptors (Lipinski definition) is 19. The highest BCUT2D eigenvalue weighted by Gasteiger charge is 2.50. The number of sulfonamides is 3. The topological polar surface area (TPSA) is 311 Å². The zero-order valence-electron chi connectivity index (χ0n) is 62.0.